The van der Waals surface area contributed by atoms with Crippen LogP contribution in [0.2, 0.25) is 0 Å². The fourth-order valence-electron chi connectivity index (χ4n) is 5.19. The molecule has 0 aliphatic heterocycles. The first-order chi connectivity index (χ1) is 22.6. The van der Waals surface area contributed by atoms with Crippen molar-refractivity contribution in [2.75, 3.05) is 13.2 Å². The molecule has 0 fully saturated rings. The van der Waals surface area contributed by atoms with E-state index >= 15 is 0 Å². The van der Waals surface area contributed by atoms with E-state index in [1.54, 1.807) is 53.7 Å². The van der Waals surface area contributed by atoms with Crippen LogP contribution in [0.15, 0.2) is 84.9 Å². The molecule has 3 aromatic carbocycles. The Morgan fingerprint density at radius 2 is 1.21 bits per heavy atom. The summed E-state index contributed by atoms with van der Waals surface area (Å²) in [5, 5.41) is 15.8. The predicted octanol–water partition coefficient (Wildman–Crippen LogP) is 5.06. The summed E-state index contributed by atoms with van der Waals surface area (Å²) in [6, 6.07) is 22.0. The Morgan fingerprint density at radius 1 is 0.708 bits per heavy atom. The molecule has 3 N–H and O–H groups in total. The lowest BCUT2D eigenvalue weighted by Gasteiger charge is -2.35. The summed E-state index contributed by atoms with van der Waals surface area (Å²) in [5.74, 6) is -1.88. The first kappa shape index (κ1) is 37.8. The molecule has 3 aromatic rings. The van der Waals surface area contributed by atoms with Crippen molar-refractivity contribution in [1.82, 2.24) is 15.5 Å². The van der Waals surface area contributed by atoms with Crippen LogP contribution in [0.3, 0.4) is 0 Å². The van der Waals surface area contributed by atoms with E-state index in [0.717, 1.165) is 11.1 Å². The van der Waals surface area contributed by atoms with E-state index in [0.29, 0.717) is 11.1 Å². The van der Waals surface area contributed by atoms with Crippen LogP contribution in [0, 0.1) is 6.92 Å². The third-order valence-corrected chi connectivity index (χ3v) is 7.23. The number of esters is 1. The second-order valence-corrected chi connectivity index (χ2v) is 13.7. The number of hydrogen-bond donors (Lipinski definition) is 3. The van der Waals surface area contributed by atoms with Crippen molar-refractivity contribution in [2.24, 2.45) is 0 Å². The Morgan fingerprint density at radius 3 is 1.71 bits per heavy atom. The van der Waals surface area contributed by atoms with Gasteiger partial charge in [-0.05, 0) is 70.7 Å². The molecule has 258 valence electrons. The Bertz CT molecular complexity index is 1510. The fraction of sp³-hybridized carbons (Fsp3) is 0.421. The fourth-order valence-corrected chi connectivity index (χ4v) is 5.19. The number of alkyl carbamates (subject to hydrolysis) is 1. The summed E-state index contributed by atoms with van der Waals surface area (Å²) in [6.45, 7) is 11.5. The molecule has 3 amide bonds. The zero-order valence-electron chi connectivity index (χ0n) is 29.0. The Kier molecular flexibility index (Phi) is 13.3. The molecule has 3 unspecified atom stereocenters. The molecule has 10 nitrogen and oxygen atoms in total. The average Bonchev–Trinajstić information content (AvgIpc) is 3.00. The number of rotatable bonds is 13. The van der Waals surface area contributed by atoms with Gasteiger partial charge in [0.25, 0.3) is 0 Å². The molecule has 0 radical (unpaired) electrons. The molecule has 0 saturated carbocycles. The number of carbonyl (C=O) groups excluding carboxylic acids is 4. The normalized spacial score (nSPS) is 13.4. The highest BCUT2D eigenvalue weighted by molar-refractivity contribution is 5.94. The van der Waals surface area contributed by atoms with Crippen molar-refractivity contribution in [2.45, 2.75) is 90.6 Å². The molecule has 0 bridgehead atoms. The van der Waals surface area contributed by atoms with Gasteiger partial charge in [-0.3, -0.25) is 9.59 Å². The summed E-state index contributed by atoms with van der Waals surface area (Å²) in [5.41, 5.74) is 1.13. The first-order valence-corrected chi connectivity index (χ1v) is 16.2. The Balaban J connectivity index is 2.08. The predicted molar refractivity (Wildman–Crippen MR) is 184 cm³/mol. The first-order valence-electron chi connectivity index (χ1n) is 16.2. The van der Waals surface area contributed by atoms with Crippen LogP contribution in [0.5, 0.6) is 0 Å². The number of nitrogens with zero attached hydrogens (tertiary/aromatic N) is 1. The van der Waals surface area contributed by atoms with Gasteiger partial charge in [-0.2, -0.15) is 0 Å². The highest BCUT2D eigenvalue weighted by Gasteiger charge is 2.38. The van der Waals surface area contributed by atoms with Crippen molar-refractivity contribution in [3.8, 4) is 0 Å². The topological polar surface area (TPSA) is 134 Å². The lowest BCUT2D eigenvalue weighted by Crippen LogP contribution is -2.56. The molecule has 0 aliphatic carbocycles. The summed E-state index contributed by atoms with van der Waals surface area (Å²) >= 11 is 0. The molecule has 48 heavy (non-hydrogen) atoms. The largest absolute Gasteiger partial charge is 0.458 e. The van der Waals surface area contributed by atoms with Gasteiger partial charge < -0.3 is 30.1 Å². The number of hydrogen-bond acceptors (Lipinski definition) is 7. The summed E-state index contributed by atoms with van der Waals surface area (Å²) in [4.78, 5) is 56.7. The van der Waals surface area contributed by atoms with Crippen LogP contribution < -0.4 is 10.6 Å². The van der Waals surface area contributed by atoms with E-state index in [1.165, 1.54) is 4.90 Å². The molecule has 10 heteroatoms. The van der Waals surface area contributed by atoms with Crippen molar-refractivity contribution >= 4 is 23.9 Å². The smallest absolute Gasteiger partial charge is 0.408 e. The van der Waals surface area contributed by atoms with Crippen LogP contribution in [0.4, 0.5) is 4.79 Å². The van der Waals surface area contributed by atoms with E-state index in [2.05, 4.69) is 10.6 Å². The monoisotopic (exact) mass is 659 g/mol. The van der Waals surface area contributed by atoms with Crippen LogP contribution in [-0.4, -0.2) is 70.3 Å². The number of aliphatic hydroxyl groups excluding tert-OH is 1. The average molecular weight is 660 g/mol. The minimum atomic E-state index is -1.27. The Labute approximate surface area is 283 Å². The minimum absolute atomic E-state index is 0.0947. The van der Waals surface area contributed by atoms with Gasteiger partial charge in [-0.15, -0.1) is 0 Å². The van der Waals surface area contributed by atoms with Gasteiger partial charge in [0, 0.05) is 19.4 Å². The maximum Gasteiger partial charge on any atom is 0.408 e. The number of nitrogens with one attached hydrogen (secondary N) is 2. The zero-order chi connectivity index (χ0) is 35.5. The molecular weight excluding hydrogens is 610 g/mol. The van der Waals surface area contributed by atoms with E-state index in [4.69, 9.17) is 9.47 Å². The number of benzene rings is 3. The number of aliphatic hydroxyl groups is 1. The summed E-state index contributed by atoms with van der Waals surface area (Å²) in [7, 11) is 0. The highest BCUT2D eigenvalue weighted by atomic mass is 16.6. The van der Waals surface area contributed by atoms with Crippen molar-refractivity contribution in [3.63, 3.8) is 0 Å². The summed E-state index contributed by atoms with van der Waals surface area (Å²) in [6.07, 6.45) is -0.560. The third-order valence-electron chi connectivity index (χ3n) is 7.23. The van der Waals surface area contributed by atoms with E-state index in [-0.39, 0.29) is 19.4 Å². The minimum Gasteiger partial charge on any atom is -0.458 e. The van der Waals surface area contributed by atoms with Gasteiger partial charge in [0.1, 0.15) is 29.3 Å². The SMILES string of the molecule is Cc1ccccc1C(C(=O)NC(Cc1ccccc1)C(=O)OC(C)(C)C)N(CCO)C(=O)C(Cc1ccccc1)NC(=O)OC(C)(C)C. The van der Waals surface area contributed by atoms with Crippen LogP contribution in [0.1, 0.15) is 69.8 Å². The van der Waals surface area contributed by atoms with Gasteiger partial charge >= 0.3 is 12.1 Å². The van der Waals surface area contributed by atoms with Crippen molar-refractivity contribution in [1.29, 1.82) is 0 Å². The third kappa shape index (κ3) is 11.8. The Hall–Kier alpha value is -4.70. The molecule has 0 saturated heterocycles. The van der Waals surface area contributed by atoms with E-state index < -0.39 is 59.8 Å². The van der Waals surface area contributed by atoms with Gasteiger partial charge in [0.15, 0.2) is 0 Å². The zero-order valence-corrected chi connectivity index (χ0v) is 29.0. The molecular formula is C38H49N3O7. The molecule has 0 aliphatic rings. The van der Waals surface area contributed by atoms with Crippen molar-refractivity contribution in [3.05, 3.63) is 107 Å². The maximum absolute atomic E-state index is 14.5. The number of ether oxygens (including phenoxy) is 2. The molecule has 0 heterocycles. The van der Waals surface area contributed by atoms with Crippen LogP contribution in [-0.2, 0) is 36.7 Å². The standard InChI is InChI=1S/C38H49N3O7/c1-26-16-14-15-21-29(26)32(33(43)39-31(35(45)47-37(2,3)4)25-28-19-12-9-13-20-28)41(22-23-42)34(44)30(24-27-17-10-8-11-18-27)40-36(46)48-38(5,6)7/h8-21,30-32,42H,22-25H2,1-7H3,(H,39,43)(H,40,46). The highest BCUT2D eigenvalue weighted by Crippen LogP contribution is 2.27. The molecule has 0 spiro atoms. The van der Waals surface area contributed by atoms with Crippen LogP contribution in [0.25, 0.3) is 0 Å². The summed E-state index contributed by atoms with van der Waals surface area (Å²) < 4.78 is 11.2. The quantitative estimate of drug-likeness (QED) is 0.218. The van der Waals surface area contributed by atoms with Gasteiger partial charge in [0.05, 0.1) is 6.61 Å². The van der Waals surface area contributed by atoms with Gasteiger partial charge in [-0.25, -0.2) is 9.59 Å². The van der Waals surface area contributed by atoms with Gasteiger partial charge in [-0.1, -0.05) is 84.9 Å². The number of aryl methyl sites for hydroxylation is 1. The molecule has 0 aromatic heterocycles. The van der Waals surface area contributed by atoms with Crippen molar-refractivity contribution < 1.29 is 33.8 Å². The second kappa shape index (κ2) is 16.9. The number of carbonyl (C=O) groups is 4. The maximum atomic E-state index is 14.5. The van der Waals surface area contributed by atoms with E-state index in [1.807, 2.05) is 79.7 Å². The number of amides is 3. The molecule has 3 rings (SSSR count). The molecule has 3 atom stereocenters. The van der Waals surface area contributed by atoms with Gasteiger partial charge in [0.2, 0.25) is 11.8 Å². The van der Waals surface area contributed by atoms with E-state index in [9.17, 15) is 24.3 Å². The second-order valence-electron chi connectivity index (χ2n) is 13.7. The lowest BCUT2D eigenvalue weighted by molar-refractivity contribution is -0.159. The van der Waals surface area contributed by atoms with Crippen LogP contribution >= 0.6 is 0 Å². The lowest BCUT2D eigenvalue weighted by atomic mass is 9.96.